The lowest BCUT2D eigenvalue weighted by Gasteiger charge is -2.26. The van der Waals surface area contributed by atoms with Crippen molar-refractivity contribution in [1.82, 2.24) is 4.90 Å². The van der Waals surface area contributed by atoms with Gasteiger partial charge in [-0.1, -0.05) is 66.4 Å². The summed E-state index contributed by atoms with van der Waals surface area (Å²) in [7, 11) is 0. The molecule has 0 saturated heterocycles. The molecule has 0 radical (unpaired) electrons. The van der Waals surface area contributed by atoms with Crippen LogP contribution in [0.15, 0.2) is 94.8 Å². The zero-order chi connectivity index (χ0) is 24.9. The number of thioether (sulfide) groups is 1. The van der Waals surface area contributed by atoms with Crippen molar-refractivity contribution in [2.24, 2.45) is 4.99 Å². The first kappa shape index (κ1) is 23.6. The standard InChI is InChI=1S/C29H25N3O3S/c1-20-7-5-10-24(17-20)35-16-6-15-34-23-13-11-21(12-14-23)18-25-27(30)32-26(22-8-3-2-4-9-22)19-36-29(32)31-28(25)33/h2-5,7-14,17-19,30H,6,15-16H2,1H3/b25-18+,30-27?. The van der Waals surface area contributed by atoms with Crippen LogP contribution in [0.2, 0.25) is 0 Å². The number of nitrogens with one attached hydrogen (secondary N) is 1. The van der Waals surface area contributed by atoms with Gasteiger partial charge < -0.3 is 9.47 Å². The summed E-state index contributed by atoms with van der Waals surface area (Å²) in [6, 6.07) is 25.3. The Bertz CT molecular complexity index is 1380. The maximum Gasteiger partial charge on any atom is 0.283 e. The maximum absolute atomic E-state index is 12.7. The van der Waals surface area contributed by atoms with Gasteiger partial charge in [-0.2, -0.15) is 4.99 Å². The third-order valence-electron chi connectivity index (χ3n) is 5.69. The van der Waals surface area contributed by atoms with Gasteiger partial charge in [0.1, 0.15) is 17.3 Å². The normalized spacial score (nSPS) is 16.0. The molecule has 0 spiro atoms. The van der Waals surface area contributed by atoms with Crippen LogP contribution in [0.1, 0.15) is 23.1 Å². The highest BCUT2D eigenvalue weighted by Crippen LogP contribution is 2.37. The number of carbonyl (C=O) groups excluding carboxylic acids is 1. The van der Waals surface area contributed by atoms with Gasteiger partial charge in [0.05, 0.1) is 24.5 Å². The van der Waals surface area contributed by atoms with Crippen molar-refractivity contribution in [3.63, 3.8) is 0 Å². The quantitative estimate of drug-likeness (QED) is 0.300. The minimum absolute atomic E-state index is 0.124. The number of aryl methyl sites for hydroxylation is 1. The van der Waals surface area contributed by atoms with Crippen LogP contribution in [-0.2, 0) is 4.79 Å². The van der Waals surface area contributed by atoms with Crippen molar-refractivity contribution in [2.75, 3.05) is 13.2 Å². The lowest BCUT2D eigenvalue weighted by atomic mass is 10.1. The molecule has 1 amide bonds. The first-order valence-corrected chi connectivity index (χ1v) is 12.5. The summed E-state index contributed by atoms with van der Waals surface area (Å²) >= 11 is 1.36. The molecule has 3 aromatic carbocycles. The average Bonchev–Trinajstić information content (AvgIpc) is 3.32. The van der Waals surface area contributed by atoms with Crippen LogP contribution in [0, 0.1) is 12.3 Å². The molecule has 5 rings (SSSR count). The molecule has 1 N–H and O–H groups in total. The van der Waals surface area contributed by atoms with Crippen LogP contribution < -0.4 is 9.47 Å². The fourth-order valence-corrected chi connectivity index (χ4v) is 4.77. The number of fused-ring (bicyclic) bond motifs is 1. The smallest absolute Gasteiger partial charge is 0.283 e. The Morgan fingerprint density at radius 3 is 2.44 bits per heavy atom. The van der Waals surface area contributed by atoms with E-state index >= 15 is 0 Å². The Morgan fingerprint density at radius 1 is 0.944 bits per heavy atom. The molecular formula is C29H25N3O3S. The van der Waals surface area contributed by atoms with Crippen molar-refractivity contribution in [2.45, 2.75) is 13.3 Å². The van der Waals surface area contributed by atoms with Gasteiger partial charge in [0, 0.05) is 11.8 Å². The highest BCUT2D eigenvalue weighted by molar-refractivity contribution is 8.17. The van der Waals surface area contributed by atoms with E-state index in [1.54, 1.807) is 11.0 Å². The summed E-state index contributed by atoms with van der Waals surface area (Å²) in [6.45, 7) is 3.15. The van der Waals surface area contributed by atoms with Crippen molar-refractivity contribution < 1.29 is 14.3 Å². The Morgan fingerprint density at radius 2 is 1.69 bits per heavy atom. The van der Waals surface area contributed by atoms with Gasteiger partial charge in [-0.3, -0.25) is 15.1 Å². The van der Waals surface area contributed by atoms with Crippen LogP contribution in [0.5, 0.6) is 11.5 Å². The summed E-state index contributed by atoms with van der Waals surface area (Å²) < 4.78 is 11.6. The van der Waals surface area contributed by atoms with E-state index < -0.39 is 5.91 Å². The number of hydrogen-bond acceptors (Lipinski definition) is 5. The monoisotopic (exact) mass is 495 g/mol. The van der Waals surface area contributed by atoms with Gasteiger partial charge in [0.15, 0.2) is 5.17 Å². The van der Waals surface area contributed by atoms with Crippen LogP contribution in [0.4, 0.5) is 0 Å². The molecule has 2 aliphatic rings. The maximum atomic E-state index is 12.7. The molecule has 2 heterocycles. The molecule has 3 aromatic rings. The first-order chi connectivity index (χ1) is 17.6. The minimum Gasteiger partial charge on any atom is -0.493 e. The van der Waals surface area contributed by atoms with Crippen molar-refractivity contribution in [3.05, 3.63) is 107 Å². The zero-order valence-electron chi connectivity index (χ0n) is 19.8. The number of aliphatic imine (C=N–C) groups is 1. The third-order valence-corrected chi connectivity index (χ3v) is 6.52. The van der Waals surface area contributed by atoms with Gasteiger partial charge in [0.25, 0.3) is 5.91 Å². The van der Waals surface area contributed by atoms with E-state index in [9.17, 15) is 4.79 Å². The molecule has 0 bridgehead atoms. The molecule has 36 heavy (non-hydrogen) atoms. The van der Waals surface area contributed by atoms with E-state index in [1.165, 1.54) is 17.3 Å². The Balaban J connectivity index is 1.20. The van der Waals surface area contributed by atoms with Gasteiger partial charge >= 0.3 is 0 Å². The molecule has 6 nitrogen and oxygen atoms in total. The molecule has 0 atom stereocenters. The summed E-state index contributed by atoms with van der Waals surface area (Å²) in [5.41, 5.74) is 4.04. The Kier molecular flexibility index (Phi) is 7.00. The highest BCUT2D eigenvalue weighted by Gasteiger charge is 2.36. The molecule has 180 valence electrons. The van der Waals surface area contributed by atoms with E-state index in [0.29, 0.717) is 18.4 Å². The number of carbonyl (C=O) groups is 1. The van der Waals surface area contributed by atoms with E-state index in [4.69, 9.17) is 14.9 Å². The van der Waals surface area contributed by atoms with Gasteiger partial charge in [0.2, 0.25) is 0 Å². The molecule has 0 unspecified atom stereocenters. The number of benzene rings is 3. The summed E-state index contributed by atoms with van der Waals surface area (Å²) in [4.78, 5) is 18.6. The topological polar surface area (TPSA) is 75.0 Å². The third kappa shape index (κ3) is 5.26. The van der Waals surface area contributed by atoms with E-state index in [0.717, 1.165) is 34.7 Å². The Labute approximate surface area is 214 Å². The molecule has 7 heteroatoms. The number of rotatable bonds is 8. The largest absolute Gasteiger partial charge is 0.493 e. The average molecular weight is 496 g/mol. The van der Waals surface area contributed by atoms with Crippen LogP contribution in [0.3, 0.4) is 0 Å². The number of nitrogens with zero attached hydrogens (tertiary/aromatic N) is 2. The van der Waals surface area contributed by atoms with Gasteiger partial charge in [-0.05, 0) is 54.0 Å². The molecule has 0 aliphatic carbocycles. The number of amidine groups is 2. The van der Waals surface area contributed by atoms with E-state index in [1.807, 2.05) is 91.2 Å². The summed E-state index contributed by atoms with van der Waals surface area (Å²) in [5, 5.41) is 11.2. The second kappa shape index (κ2) is 10.7. The molecule has 0 saturated carbocycles. The second-order valence-electron chi connectivity index (χ2n) is 8.36. The van der Waals surface area contributed by atoms with Gasteiger partial charge in [-0.15, -0.1) is 0 Å². The first-order valence-electron chi connectivity index (χ1n) is 11.7. The second-order valence-corrected chi connectivity index (χ2v) is 9.20. The predicted octanol–water partition coefficient (Wildman–Crippen LogP) is 6.15. The summed E-state index contributed by atoms with van der Waals surface area (Å²) in [5.74, 6) is 1.32. The highest BCUT2D eigenvalue weighted by atomic mass is 32.2. The van der Waals surface area contributed by atoms with E-state index in [-0.39, 0.29) is 11.4 Å². The number of hydrogen-bond donors (Lipinski definition) is 1. The number of amides is 1. The van der Waals surface area contributed by atoms with Crippen molar-refractivity contribution in [1.29, 1.82) is 5.41 Å². The number of ether oxygens (including phenoxy) is 2. The van der Waals surface area contributed by atoms with Crippen LogP contribution in [-0.4, -0.2) is 35.0 Å². The van der Waals surface area contributed by atoms with Crippen molar-refractivity contribution in [3.8, 4) is 11.5 Å². The molecule has 0 fully saturated rings. The van der Waals surface area contributed by atoms with E-state index in [2.05, 4.69) is 4.99 Å². The molecule has 2 aliphatic heterocycles. The van der Waals surface area contributed by atoms with Gasteiger partial charge in [-0.25, -0.2) is 0 Å². The molecule has 0 aromatic heterocycles. The molecular weight excluding hydrogens is 470 g/mol. The summed E-state index contributed by atoms with van der Waals surface area (Å²) in [6.07, 6.45) is 2.47. The Hall–Kier alpha value is -4.10. The van der Waals surface area contributed by atoms with Crippen molar-refractivity contribution >= 4 is 40.4 Å². The minimum atomic E-state index is -0.407. The lowest BCUT2D eigenvalue weighted by molar-refractivity contribution is -0.114. The SMILES string of the molecule is Cc1cccc(OCCCOc2ccc(/C=C3\C(=N)N4C(c5ccccc5)=CSC4=NC3=O)cc2)c1. The fraction of sp³-hybridized carbons (Fsp3) is 0.138. The predicted molar refractivity (Wildman–Crippen MR) is 145 cm³/mol. The van der Waals surface area contributed by atoms with Crippen LogP contribution >= 0.6 is 11.8 Å². The zero-order valence-corrected chi connectivity index (χ0v) is 20.6. The van der Waals surface area contributed by atoms with Crippen LogP contribution in [0.25, 0.3) is 11.8 Å². The lowest BCUT2D eigenvalue weighted by Crippen LogP contribution is -2.38. The fourth-order valence-electron chi connectivity index (χ4n) is 3.89.